The first-order valence-electron chi connectivity index (χ1n) is 10.4. The highest BCUT2D eigenvalue weighted by molar-refractivity contribution is 6.30. The number of anilines is 1. The molecule has 1 fully saturated rings. The molecule has 8 nitrogen and oxygen atoms in total. The minimum absolute atomic E-state index is 0.0861. The van der Waals surface area contributed by atoms with Crippen molar-refractivity contribution in [1.29, 1.82) is 0 Å². The molecule has 0 radical (unpaired) electrons. The van der Waals surface area contributed by atoms with Crippen LogP contribution in [0.5, 0.6) is 0 Å². The van der Waals surface area contributed by atoms with Gasteiger partial charge in [0.25, 0.3) is 5.91 Å². The summed E-state index contributed by atoms with van der Waals surface area (Å²) >= 11 is 5.85. The van der Waals surface area contributed by atoms with Gasteiger partial charge in [-0.15, -0.1) is 0 Å². The number of urea groups is 1. The third kappa shape index (κ3) is 4.86. The van der Waals surface area contributed by atoms with E-state index in [0.29, 0.717) is 42.6 Å². The Hall–Kier alpha value is -3.52. The van der Waals surface area contributed by atoms with Crippen LogP contribution in [0.1, 0.15) is 17.4 Å². The molecule has 3 N–H and O–H groups in total. The van der Waals surface area contributed by atoms with Crippen molar-refractivity contribution in [2.45, 2.75) is 13.0 Å². The number of hydrogen-bond donors (Lipinski definition) is 3. The van der Waals surface area contributed by atoms with Gasteiger partial charge in [0, 0.05) is 47.8 Å². The summed E-state index contributed by atoms with van der Waals surface area (Å²) < 4.78 is 0. The molecule has 1 aliphatic heterocycles. The smallest absolute Gasteiger partial charge is 0.318 e. The average Bonchev–Trinajstić information content (AvgIpc) is 3.24. The van der Waals surface area contributed by atoms with Crippen molar-refractivity contribution in [1.82, 2.24) is 20.1 Å². The number of benzene rings is 2. The second kappa shape index (κ2) is 9.32. The maximum Gasteiger partial charge on any atom is 0.318 e. The maximum atomic E-state index is 12.8. The quantitative estimate of drug-likeness (QED) is 0.565. The molecular formula is C23H24ClN5O3. The van der Waals surface area contributed by atoms with Crippen LogP contribution in [0.25, 0.3) is 10.9 Å². The number of aromatic amines is 1. The van der Waals surface area contributed by atoms with E-state index in [9.17, 15) is 14.4 Å². The van der Waals surface area contributed by atoms with Gasteiger partial charge in [0.2, 0.25) is 5.91 Å². The van der Waals surface area contributed by atoms with Crippen molar-refractivity contribution in [3.8, 4) is 0 Å². The van der Waals surface area contributed by atoms with Crippen LogP contribution >= 0.6 is 11.6 Å². The molecule has 0 aliphatic carbocycles. The highest BCUT2D eigenvalue weighted by atomic mass is 35.5. The maximum absolute atomic E-state index is 12.8. The van der Waals surface area contributed by atoms with Crippen molar-refractivity contribution in [3.05, 3.63) is 65.3 Å². The van der Waals surface area contributed by atoms with E-state index in [-0.39, 0.29) is 17.8 Å². The number of H-pyrrole nitrogens is 1. The summed E-state index contributed by atoms with van der Waals surface area (Å²) in [4.78, 5) is 44.2. The molecule has 4 amide bonds. The predicted octanol–water partition coefficient (Wildman–Crippen LogP) is 3.32. The molecule has 0 bridgehead atoms. The number of nitrogens with zero attached hydrogens (tertiary/aromatic N) is 2. The molecule has 1 atom stereocenters. The summed E-state index contributed by atoms with van der Waals surface area (Å²) in [6, 6.07) is 15.3. The molecule has 0 saturated carbocycles. The largest absolute Gasteiger partial charge is 0.351 e. The van der Waals surface area contributed by atoms with Gasteiger partial charge < -0.3 is 25.4 Å². The number of aromatic nitrogens is 1. The molecule has 1 unspecified atom stereocenters. The lowest BCUT2D eigenvalue weighted by Crippen LogP contribution is -2.55. The fourth-order valence-electron chi connectivity index (χ4n) is 3.60. The van der Waals surface area contributed by atoms with Gasteiger partial charge in [-0.05, 0) is 43.3 Å². The number of carbonyl (C=O) groups excluding carboxylic acids is 3. The Morgan fingerprint density at radius 1 is 0.969 bits per heavy atom. The van der Waals surface area contributed by atoms with Crippen molar-refractivity contribution in [2.24, 2.45) is 0 Å². The molecule has 1 aliphatic rings. The fourth-order valence-corrected chi connectivity index (χ4v) is 3.72. The first kappa shape index (κ1) is 21.7. The molecule has 2 heterocycles. The number of hydrogen-bond acceptors (Lipinski definition) is 3. The Balaban J connectivity index is 1.27. The third-order valence-electron chi connectivity index (χ3n) is 5.46. The molecule has 4 rings (SSSR count). The van der Waals surface area contributed by atoms with E-state index < -0.39 is 6.04 Å². The van der Waals surface area contributed by atoms with Crippen LogP contribution in [0.3, 0.4) is 0 Å². The lowest BCUT2D eigenvalue weighted by molar-refractivity contribution is -0.117. The van der Waals surface area contributed by atoms with Crippen LogP contribution < -0.4 is 10.6 Å². The zero-order valence-corrected chi connectivity index (χ0v) is 18.4. The predicted molar refractivity (Wildman–Crippen MR) is 124 cm³/mol. The van der Waals surface area contributed by atoms with Crippen LogP contribution in [-0.4, -0.2) is 64.9 Å². The van der Waals surface area contributed by atoms with E-state index >= 15 is 0 Å². The van der Waals surface area contributed by atoms with E-state index in [1.165, 1.54) is 0 Å². The third-order valence-corrected chi connectivity index (χ3v) is 5.71. The molecule has 1 aromatic heterocycles. The second-order valence-electron chi connectivity index (χ2n) is 7.72. The van der Waals surface area contributed by atoms with Gasteiger partial charge in [-0.3, -0.25) is 9.59 Å². The van der Waals surface area contributed by atoms with Crippen molar-refractivity contribution < 1.29 is 14.4 Å². The lowest BCUT2D eigenvalue weighted by Gasteiger charge is -2.35. The Kier molecular flexibility index (Phi) is 6.32. The first-order valence-corrected chi connectivity index (χ1v) is 10.8. The van der Waals surface area contributed by atoms with E-state index in [4.69, 9.17) is 11.6 Å². The molecule has 1 saturated heterocycles. The average molecular weight is 454 g/mol. The molecular weight excluding hydrogens is 430 g/mol. The monoisotopic (exact) mass is 453 g/mol. The lowest BCUT2D eigenvalue weighted by atomic mass is 10.2. The summed E-state index contributed by atoms with van der Waals surface area (Å²) in [5.74, 6) is -0.412. The second-order valence-corrected chi connectivity index (χ2v) is 8.15. The van der Waals surface area contributed by atoms with Gasteiger partial charge in [-0.2, -0.15) is 0 Å². The molecule has 2 aromatic carbocycles. The minimum Gasteiger partial charge on any atom is -0.351 e. The van der Waals surface area contributed by atoms with Crippen molar-refractivity contribution >= 4 is 46.0 Å². The Morgan fingerprint density at radius 2 is 1.62 bits per heavy atom. The highest BCUT2D eigenvalue weighted by Gasteiger charge is 2.27. The van der Waals surface area contributed by atoms with E-state index in [1.54, 1.807) is 41.0 Å². The van der Waals surface area contributed by atoms with Crippen LogP contribution in [0.4, 0.5) is 10.5 Å². The highest BCUT2D eigenvalue weighted by Crippen LogP contribution is 2.17. The number of piperazine rings is 1. The zero-order chi connectivity index (χ0) is 22.7. The zero-order valence-electron chi connectivity index (χ0n) is 17.6. The Morgan fingerprint density at radius 3 is 2.31 bits per heavy atom. The van der Waals surface area contributed by atoms with Crippen molar-refractivity contribution in [3.63, 3.8) is 0 Å². The van der Waals surface area contributed by atoms with Gasteiger partial charge in [-0.25, -0.2) is 4.79 Å². The van der Waals surface area contributed by atoms with Gasteiger partial charge in [0.15, 0.2) is 0 Å². The topological polar surface area (TPSA) is 97.5 Å². The van der Waals surface area contributed by atoms with Crippen molar-refractivity contribution in [2.75, 3.05) is 31.5 Å². The summed E-state index contributed by atoms with van der Waals surface area (Å²) in [7, 11) is 0. The van der Waals surface area contributed by atoms with Gasteiger partial charge in [0.1, 0.15) is 11.7 Å². The van der Waals surface area contributed by atoms with Crippen LogP contribution in [0.15, 0.2) is 54.6 Å². The molecule has 9 heteroatoms. The van der Waals surface area contributed by atoms with E-state index in [2.05, 4.69) is 15.6 Å². The fraction of sp³-hybridized carbons (Fsp3) is 0.261. The number of fused-ring (bicyclic) bond motifs is 1. The van der Waals surface area contributed by atoms with Crippen LogP contribution in [0.2, 0.25) is 5.02 Å². The number of nitrogens with one attached hydrogen (secondary N) is 3. The summed E-state index contributed by atoms with van der Waals surface area (Å²) in [5, 5.41) is 7.02. The van der Waals surface area contributed by atoms with E-state index in [1.807, 2.05) is 30.3 Å². The molecule has 3 aromatic rings. The standard InChI is InChI=1S/C23H24ClN5O3/c1-15(21(30)26-18-8-6-17(24)7-9-18)25-23(32)29-12-10-28(11-13-29)22(31)20-14-16-4-2-3-5-19(16)27-20/h2-9,14-15,27H,10-13H2,1H3,(H,25,32)(H,26,30). The summed E-state index contributed by atoms with van der Waals surface area (Å²) in [6.45, 7) is 3.26. The molecule has 0 spiro atoms. The van der Waals surface area contributed by atoms with Crippen LogP contribution in [0, 0.1) is 0 Å². The number of halogens is 1. The summed E-state index contributed by atoms with van der Waals surface area (Å²) in [6.07, 6.45) is 0. The van der Waals surface area contributed by atoms with Crippen LogP contribution in [-0.2, 0) is 4.79 Å². The van der Waals surface area contributed by atoms with E-state index in [0.717, 1.165) is 10.9 Å². The Labute approximate surface area is 190 Å². The summed E-state index contributed by atoms with van der Waals surface area (Å²) in [5.41, 5.74) is 2.06. The van der Waals surface area contributed by atoms with Gasteiger partial charge >= 0.3 is 6.03 Å². The molecule has 32 heavy (non-hydrogen) atoms. The first-order chi connectivity index (χ1) is 15.4. The number of rotatable bonds is 4. The normalized spacial score (nSPS) is 14.8. The number of para-hydroxylation sites is 1. The number of carbonyl (C=O) groups is 3. The van der Waals surface area contributed by atoms with Gasteiger partial charge in [0.05, 0.1) is 0 Å². The SMILES string of the molecule is CC(NC(=O)N1CCN(C(=O)c2cc3ccccc3[nH]2)CC1)C(=O)Nc1ccc(Cl)cc1. The van der Waals surface area contributed by atoms with Gasteiger partial charge in [-0.1, -0.05) is 29.8 Å². The Bertz CT molecular complexity index is 1100. The molecule has 166 valence electrons. The minimum atomic E-state index is -0.718. The number of amides is 4.